The molecule has 0 fully saturated rings. The predicted octanol–water partition coefficient (Wildman–Crippen LogP) is 2.76. The molecule has 1 aliphatic heterocycles. The predicted molar refractivity (Wildman–Crippen MR) is 164 cm³/mol. The van der Waals surface area contributed by atoms with Crippen LogP contribution in [0.1, 0.15) is 20.7 Å². The normalized spacial score (nSPS) is 14.3. The number of hydrogen-bond acceptors (Lipinski definition) is 7. The van der Waals surface area contributed by atoms with E-state index in [9.17, 15) is 14.7 Å². The number of fused-ring (bicyclic) bond motifs is 1. The number of carbonyl (C=O) groups excluding carboxylic acids is 2. The number of amides is 2. The molecule has 1 aliphatic rings. The molecule has 0 saturated heterocycles. The third kappa shape index (κ3) is 10.3. The number of aliphatic hydroxyl groups is 1. The summed E-state index contributed by atoms with van der Waals surface area (Å²) < 4.78 is 20.8. The van der Waals surface area contributed by atoms with Gasteiger partial charge in [-0.1, -0.05) is 12.1 Å². The Labute approximate surface area is 253 Å². The molecule has 43 heavy (non-hydrogen) atoms. The molecule has 0 unspecified atom stereocenters. The second-order valence-electron chi connectivity index (χ2n) is 10.1. The summed E-state index contributed by atoms with van der Waals surface area (Å²) >= 11 is 0. The van der Waals surface area contributed by atoms with Crippen molar-refractivity contribution in [3.63, 3.8) is 0 Å². The maximum atomic E-state index is 12.5. The molecule has 0 bridgehead atoms. The van der Waals surface area contributed by atoms with E-state index < -0.39 is 6.10 Å². The van der Waals surface area contributed by atoms with Crippen LogP contribution < -0.4 is 5.73 Å². The monoisotopic (exact) mass is 593 g/mol. The summed E-state index contributed by atoms with van der Waals surface area (Å²) in [6, 6.07) is 18.3. The molecule has 2 amide bonds. The zero-order valence-corrected chi connectivity index (χ0v) is 25.1. The van der Waals surface area contributed by atoms with Gasteiger partial charge < -0.3 is 38.8 Å². The van der Waals surface area contributed by atoms with Crippen LogP contribution in [0.2, 0.25) is 0 Å². The smallest absolute Gasteiger partial charge is 0.261 e. The first-order valence-electron chi connectivity index (χ1n) is 14.1. The third-order valence-electron chi connectivity index (χ3n) is 6.58. The van der Waals surface area contributed by atoms with Gasteiger partial charge in [0.1, 0.15) is 0 Å². The lowest BCUT2D eigenvalue weighted by molar-refractivity contribution is 0.0445. The summed E-state index contributed by atoms with van der Waals surface area (Å²) in [4.78, 5) is 26.3. The van der Waals surface area contributed by atoms with Gasteiger partial charge in [-0.15, -0.1) is 0 Å². The van der Waals surface area contributed by atoms with Gasteiger partial charge in [0.05, 0.1) is 49.6 Å². The zero-order chi connectivity index (χ0) is 31.0. The molecule has 5 rings (SSSR count). The molecule has 0 aliphatic carbocycles. The average molecular weight is 594 g/mol. The Morgan fingerprint density at radius 3 is 1.49 bits per heavy atom. The van der Waals surface area contributed by atoms with E-state index in [-0.39, 0.29) is 23.9 Å². The van der Waals surface area contributed by atoms with E-state index in [1.165, 1.54) is 4.90 Å². The number of nitrogens with zero attached hydrogens (tertiary/aromatic N) is 4. The van der Waals surface area contributed by atoms with Gasteiger partial charge in [0, 0.05) is 77.6 Å². The Bertz CT molecular complexity index is 1250. The fourth-order valence-electron chi connectivity index (χ4n) is 4.69. The SMILES string of the molecule is COC[C@@H](Cn1cccc1)N1C(=O)c2ccccc2C1=O.COC[C@@H](O)Cn1cccc1.COC[C@H](N)Cn1cccc1. The molecule has 1 aromatic carbocycles. The van der Waals surface area contributed by atoms with Crippen LogP contribution in [0.3, 0.4) is 0 Å². The summed E-state index contributed by atoms with van der Waals surface area (Å²) in [5, 5.41) is 9.28. The summed E-state index contributed by atoms with van der Waals surface area (Å²) in [5.74, 6) is -0.491. The van der Waals surface area contributed by atoms with Crippen LogP contribution >= 0.6 is 0 Å². The third-order valence-corrected chi connectivity index (χ3v) is 6.58. The molecule has 0 spiro atoms. The average Bonchev–Trinajstić information content (AvgIpc) is 3.81. The molecule has 3 atom stereocenters. The number of hydrogen-bond donors (Lipinski definition) is 2. The quantitative estimate of drug-likeness (QED) is 0.228. The molecule has 4 heterocycles. The number of carbonyl (C=O) groups is 2. The van der Waals surface area contributed by atoms with Crippen LogP contribution in [0.5, 0.6) is 0 Å². The zero-order valence-electron chi connectivity index (χ0n) is 25.1. The fourth-order valence-corrected chi connectivity index (χ4v) is 4.69. The van der Waals surface area contributed by atoms with Crippen LogP contribution in [0.4, 0.5) is 0 Å². The van der Waals surface area contributed by atoms with Gasteiger partial charge in [0.15, 0.2) is 0 Å². The standard InChI is InChI=1S/C16H16N2O3.C8H14N2O.C8H13NO2/c1-21-11-12(10-17-8-4-5-9-17)18-15(19)13-6-2-3-7-14(13)16(18)20;1-11-7-8(9)6-10-4-2-3-5-10;1-11-7-8(10)6-9-4-2-3-5-9/h2-9,12H,10-11H2,1H3;2-5,8H,6-7,9H2,1H3;2-5,8,10H,6-7H2,1H3/t12-;2*8-/m110/s1. The second-order valence-corrected chi connectivity index (χ2v) is 10.1. The molecule has 11 nitrogen and oxygen atoms in total. The summed E-state index contributed by atoms with van der Waals surface area (Å²) in [7, 11) is 4.81. The molecular formula is C32H43N5O6. The van der Waals surface area contributed by atoms with Gasteiger partial charge >= 0.3 is 0 Å². The Morgan fingerprint density at radius 1 is 0.628 bits per heavy atom. The number of methoxy groups -OCH3 is 3. The number of rotatable bonds is 13. The van der Waals surface area contributed by atoms with Gasteiger partial charge in [-0.25, -0.2) is 0 Å². The number of benzene rings is 1. The fraction of sp³-hybridized carbons (Fsp3) is 0.375. The van der Waals surface area contributed by atoms with E-state index in [1.54, 1.807) is 45.6 Å². The summed E-state index contributed by atoms with van der Waals surface area (Å²) in [6.45, 7) is 3.24. The van der Waals surface area contributed by atoms with Crippen LogP contribution in [-0.2, 0) is 33.8 Å². The highest BCUT2D eigenvalue weighted by molar-refractivity contribution is 6.21. The van der Waals surface area contributed by atoms with Crippen LogP contribution in [0, 0.1) is 0 Å². The maximum Gasteiger partial charge on any atom is 0.261 e. The molecule has 4 aromatic rings. The van der Waals surface area contributed by atoms with Gasteiger partial charge in [-0.05, 0) is 48.5 Å². The Balaban J connectivity index is 0.000000195. The van der Waals surface area contributed by atoms with Gasteiger partial charge in [-0.2, -0.15) is 0 Å². The molecule has 0 radical (unpaired) electrons. The topological polar surface area (TPSA) is 126 Å². The van der Waals surface area contributed by atoms with Crippen LogP contribution in [0.15, 0.2) is 97.8 Å². The number of nitrogens with two attached hydrogens (primary N) is 1. The molecule has 232 valence electrons. The lowest BCUT2D eigenvalue weighted by atomic mass is 10.1. The van der Waals surface area contributed by atoms with E-state index in [0.717, 1.165) is 6.54 Å². The minimum absolute atomic E-state index is 0.0902. The van der Waals surface area contributed by atoms with Crippen molar-refractivity contribution >= 4 is 11.8 Å². The Morgan fingerprint density at radius 2 is 1.05 bits per heavy atom. The first kappa shape index (κ1) is 33.5. The van der Waals surface area contributed by atoms with E-state index in [4.69, 9.17) is 19.9 Å². The largest absolute Gasteiger partial charge is 0.389 e. The minimum Gasteiger partial charge on any atom is -0.389 e. The van der Waals surface area contributed by atoms with Crippen molar-refractivity contribution in [1.29, 1.82) is 0 Å². The number of ether oxygens (including phenoxy) is 3. The molecule has 0 saturated carbocycles. The minimum atomic E-state index is -0.410. The number of aromatic nitrogens is 3. The lowest BCUT2D eigenvalue weighted by Gasteiger charge is -2.26. The van der Waals surface area contributed by atoms with E-state index >= 15 is 0 Å². The first-order chi connectivity index (χ1) is 20.9. The van der Waals surface area contributed by atoms with Crippen molar-refractivity contribution in [3.8, 4) is 0 Å². The first-order valence-corrected chi connectivity index (χ1v) is 14.1. The van der Waals surface area contributed by atoms with Crippen molar-refractivity contribution in [1.82, 2.24) is 18.6 Å². The highest BCUT2D eigenvalue weighted by atomic mass is 16.5. The molecule has 11 heteroatoms. The Hall–Kier alpha value is -4.00. The van der Waals surface area contributed by atoms with Gasteiger partial charge in [0.25, 0.3) is 11.8 Å². The summed E-state index contributed by atoms with van der Waals surface area (Å²) in [6.07, 6.45) is 11.2. The highest BCUT2D eigenvalue weighted by Crippen LogP contribution is 2.25. The van der Waals surface area contributed by atoms with Crippen molar-refractivity contribution in [2.75, 3.05) is 41.2 Å². The van der Waals surface area contributed by atoms with Crippen molar-refractivity contribution in [3.05, 3.63) is 109 Å². The van der Waals surface area contributed by atoms with Gasteiger partial charge in [-0.3, -0.25) is 14.5 Å². The van der Waals surface area contributed by atoms with Crippen molar-refractivity contribution in [2.45, 2.75) is 37.8 Å². The van der Waals surface area contributed by atoms with Crippen molar-refractivity contribution < 1.29 is 28.9 Å². The van der Waals surface area contributed by atoms with E-state index in [1.807, 2.05) is 87.3 Å². The number of imide groups is 1. The summed E-state index contributed by atoms with van der Waals surface area (Å²) in [5.41, 5.74) is 6.67. The lowest BCUT2D eigenvalue weighted by Crippen LogP contribution is -2.44. The molecule has 3 N–H and O–H groups in total. The van der Waals surface area contributed by atoms with Crippen LogP contribution in [-0.4, -0.2) is 94.9 Å². The van der Waals surface area contributed by atoms with Crippen molar-refractivity contribution in [2.24, 2.45) is 5.73 Å². The van der Waals surface area contributed by atoms with E-state index in [2.05, 4.69) is 0 Å². The Kier molecular flexibility index (Phi) is 13.9. The second kappa shape index (κ2) is 17.8. The molecule has 3 aromatic heterocycles. The number of aliphatic hydroxyl groups excluding tert-OH is 1. The maximum absolute atomic E-state index is 12.5. The highest BCUT2D eigenvalue weighted by Gasteiger charge is 2.39. The van der Waals surface area contributed by atoms with E-state index in [0.29, 0.717) is 44.0 Å². The molecular weight excluding hydrogens is 550 g/mol. The van der Waals surface area contributed by atoms with Gasteiger partial charge in [0.2, 0.25) is 0 Å². The van der Waals surface area contributed by atoms with Crippen LogP contribution in [0.25, 0.3) is 0 Å².